The van der Waals surface area contributed by atoms with Crippen molar-refractivity contribution in [2.24, 2.45) is 0 Å². The number of amides is 2. The van der Waals surface area contributed by atoms with Gasteiger partial charge in [-0.15, -0.1) is 0 Å². The Kier molecular flexibility index (Phi) is 5.19. The van der Waals surface area contributed by atoms with Crippen LogP contribution in [0.3, 0.4) is 0 Å². The summed E-state index contributed by atoms with van der Waals surface area (Å²) < 4.78 is 0. The van der Waals surface area contributed by atoms with Crippen LogP contribution in [0.15, 0.2) is 30.3 Å². The summed E-state index contributed by atoms with van der Waals surface area (Å²) in [6.45, 7) is 3.92. The zero-order chi connectivity index (χ0) is 17.1. The van der Waals surface area contributed by atoms with Gasteiger partial charge in [0.1, 0.15) is 0 Å². The van der Waals surface area contributed by atoms with Gasteiger partial charge in [-0.2, -0.15) is 0 Å². The molecular weight excluding hydrogens is 302 g/mol. The summed E-state index contributed by atoms with van der Waals surface area (Å²) in [7, 11) is 1.72. The Morgan fingerprint density at radius 2 is 1.96 bits per heavy atom. The summed E-state index contributed by atoms with van der Waals surface area (Å²) in [6, 6.07) is 10.6. The van der Waals surface area contributed by atoms with Crippen LogP contribution in [0.25, 0.3) is 0 Å². The lowest BCUT2D eigenvalue weighted by Crippen LogP contribution is -2.48. The predicted octanol–water partition coefficient (Wildman–Crippen LogP) is 1.60. The van der Waals surface area contributed by atoms with Crippen LogP contribution in [0.2, 0.25) is 0 Å². The van der Waals surface area contributed by atoms with E-state index in [4.69, 9.17) is 0 Å². The molecule has 0 radical (unpaired) electrons. The molecule has 1 aliphatic carbocycles. The molecule has 0 aromatic heterocycles. The first-order valence-electron chi connectivity index (χ1n) is 8.88. The molecule has 0 unspecified atom stereocenters. The van der Waals surface area contributed by atoms with Crippen molar-refractivity contribution in [2.75, 3.05) is 26.7 Å². The van der Waals surface area contributed by atoms with Crippen molar-refractivity contribution in [1.82, 2.24) is 15.1 Å². The molecule has 1 N–H and O–H groups in total. The maximum Gasteiger partial charge on any atom is 0.239 e. The molecule has 5 heteroatoms. The van der Waals surface area contributed by atoms with Crippen molar-refractivity contribution in [3.05, 3.63) is 35.9 Å². The van der Waals surface area contributed by atoms with Crippen molar-refractivity contribution in [2.45, 2.75) is 44.2 Å². The number of hydrogen-bond acceptors (Lipinski definition) is 3. The van der Waals surface area contributed by atoms with Crippen molar-refractivity contribution in [3.8, 4) is 0 Å². The molecule has 24 heavy (non-hydrogen) atoms. The first-order valence-corrected chi connectivity index (χ1v) is 8.88. The average Bonchev–Trinajstić information content (AvgIpc) is 3.26. The topological polar surface area (TPSA) is 52.7 Å². The van der Waals surface area contributed by atoms with Gasteiger partial charge in [-0.1, -0.05) is 30.3 Å². The molecule has 3 rings (SSSR count). The summed E-state index contributed by atoms with van der Waals surface area (Å²) in [6.07, 6.45) is 3.20. The normalized spacial score (nSPS) is 22.2. The zero-order valence-corrected chi connectivity index (χ0v) is 14.6. The molecule has 1 saturated carbocycles. The summed E-state index contributed by atoms with van der Waals surface area (Å²) >= 11 is 0. The van der Waals surface area contributed by atoms with Gasteiger partial charge in [0, 0.05) is 19.6 Å². The third-order valence-corrected chi connectivity index (χ3v) is 5.10. The zero-order valence-electron chi connectivity index (χ0n) is 14.6. The van der Waals surface area contributed by atoms with Gasteiger partial charge in [-0.25, -0.2) is 0 Å². The standard InChI is InChI=1S/C19H27N3O2/c1-14(19(24)21(2)13-18(23)20-17-8-9-17)22-11-10-16(12-22)15-6-4-3-5-7-15/h3-7,14,16-17H,8-13H2,1-2H3,(H,20,23)/t14-,16+/m0/s1. The molecule has 130 valence electrons. The lowest BCUT2D eigenvalue weighted by Gasteiger charge is -2.27. The third-order valence-electron chi connectivity index (χ3n) is 5.10. The van der Waals surface area contributed by atoms with Gasteiger partial charge in [-0.3, -0.25) is 14.5 Å². The minimum absolute atomic E-state index is 0.0228. The maximum atomic E-state index is 12.6. The van der Waals surface area contributed by atoms with Crippen LogP contribution >= 0.6 is 0 Å². The van der Waals surface area contributed by atoms with Crippen molar-refractivity contribution in [1.29, 1.82) is 0 Å². The van der Waals surface area contributed by atoms with E-state index in [2.05, 4.69) is 34.5 Å². The molecule has 1 saturated heterocycles. The quantitative estimate of drug-likeness (QED) is 0.862. The number of likely N-dealkylation sites (tertiary alicyclic amines) is 1. The van der Waals surface area contributed by atoms with Crippen molar-refractivity contribution < 1.29 is 9.59 Å². The van der Waals surface area contributed by atoms with E-state index < -0.39 is 0 Å². The van der Waals surface area contributed by atoms with Gasteiger partial charge in [-0.05, 0) is 44.2 Å². The highest BCUT2D eigenvalue weighted by Gasteiger charge is 2.32. The van der Waals surface area contributed by atoms with E-state index in [9.17, 15) is 9.59 Å². The fraction of sp³-hybridized carbons (Fsp3) is 0.579. The molecular formula is C19H27N3O2. The maximum absolute atomic E-state index is 12.6. The van der Waals surface area contributed by atoms with E-state index >= 15 is 0 Å². The second-order valence-corrected chi connectivity index (χ2v) is 7.10. The van der Waals surface area contributed by atoms with Gasteiger partial charge in [0.05, 0.1) is 12.6 Å². The molecule has 1 heterocycles. The second-order valence-electron chi connectivity index (χ2n) is 7.10. The molecule has 2 fully saturated rings. The molecule has 0 spiro atoms. The van der Waals surface area contributed by atoms with Gasteiger partial charge < -0.3 is 10.2 Å². The number of likely N-dealkylation sites (N-methyl/N-ethyl adjacent to an activating group) is 1. The van der Waals surface area contributed by atoms with Crippen molar-refractivity contribution in [3.63, 3.8) is 0 Å². The van der Waals surface area contributed by atoms with Crippen LogP contribution in [-0.4, -0.2) is 60.4 Å². The van der Waals surface area contributed by atoms with Crippen molar-refractivity contribution >= 4 is 11.8 Å². The van der Waals surface area contributed by atoms with Crippen LogP contribution in [0.1, 0.15) is 37.7 Å². The minimum atomic E-state index is -0.183. The van der Waals surface area contributed by atoms with Gasteiger partial charge in [0.2, 0.25) is 11.8 Å². The largest absolute Gasteiger partial charge is 0.352 e. The number of benzene rings is 1. The Bertz CT molecular complexity index is 586. The molecule has 5 nitrogen and oxygen atoms in total. The van der Waals surface area contributed by atoms with E-state index in [1.165, 1.54) is 5.56 Å². The van der Waals surface area contributed by atoms with E-state index in [1.54, 1.807) is 11.9 Å². The predicted molar refractivity (Wildman–Crippen MR) is 93.6 cm³/mol. The third kappa shape index (κ3) is 4.15. The number of hydrogen-bond donors (Lipinski definition) is 1. The van der Waals surface area contributed by atoms with E-state index in [1.807, 2.05) is 13.0 Å². The molecule has 1 aliphatic heterocycles. The number of nitrogens with zero attached hydrogens (tertiary/aromatic N) is 2. The van der Waals surface area contributed by atoms with E-state index in [-0.39, 0.29) is 24.4 Å². The number of carbonyl (C=O) groups is 2. The molecule has 2 amide bonds. The number of nitrogens with one attached hydrogen (secondary N) is 1. The summed E-state index contributed by atoms with van der Waals surface area (Å²) in [4.78, 5) is 28.3. The fourth-order valence-corrected chi connectivity index (χ4v) is 3.41. The SMILES string of the molecule is C[C@@H](C(=O)N(C)CC(=O)NC1CC1)N1CC[C@@H](c2ccccc2)C1. The highest BCUT2D eigenvalue weighted by molar-refractivity contribution is 5.87. The highest BCUT2D eigenvalue weighted by Crippen LogP contribution is 2.28. The Morgan fingerprint density at radius 3 is 2.62 bits per heavy atom. The number of carbonyl (C=O) groups excluding carboxylic acids is 2. The molecule has 2 aliphatic rings. The second kappa shape index (κ2) is 7.34. The van der Waals surface area contributed by atoms with E-state index in [0.29, 0.717) is 12.0 Å². The minimum Gasteiger partial charge on any atom is -0.352 e. The first kappa shape index (κ1) is 17.0. The highest BCUT2D eigenvalue weighted by atomic mass is 16.2. The van der Waals surface area contributed by atoms with Crippen LogP contribution < -0.4 is 5.32 Å². The average molecular weight is 329 g/mol. The number of rotatable bonds is 6. The Balaban J connectivity index is 1.50. The smallest absolute Gasteiger partial charge is 0.239 e. The Labute approximate surface area is 144 Å². The van der Waals surface area contributed by atoms with Crippen LogP contribution in [0.5, 0.6) is 0 Å². The lowest BCUT2D eigenvalue weighted by atomic mass is 9.99. The van der Waals surface area contributed by atoms with E-state index in [0.717, 1.165) is 32.4 Å². The monoisotopic (exact) mass is 329 g/mol. The summed E-state index contributed by atoms with van der Waals surface area (Å²) in [5.41, 5.74) is 1.34. The first-order chi connectivity index (χ1) is 11.5. The van der Waals surface area contributed by atoms with Gasteiger partial charge in [0.25, 0.3) is 0 Å². The summed E-state index contributed by atoms with van der Waals surface area (Å²) in [5.74, 6) is 0.462. The van der Waals surface area contributed by atoms with Gasteiger partial charge in [0.15, 0.2) is 0 Å². The van der Waals surface area contributed by atoms with Gasteiger partial charge >= 0.3 is 0 Å². The molecule has 1 aromatic rings. The molecule has 0 bridgehead atoms. The van der Waals surface area contributed by atoms with Crippen LogP contribution in [0.4, 0.5) is 0 Å². The Hall–Kier alpha value is -1.88. The van der Waals surface area contributed by atoms with Crippen LogP contribution in [-0.2, 0) is 9.59 Å². The van der Waals surface area contributed by atoms with Crippen LogP contribution in [0, 0.1) is 0 Å². The summed E-state index contributed by atoms with van der Waals surface area (Å²) in [5, 5.41) is 2.93. The lowest BCUT2D eigenvalue weighted by molar-refractivity contribution is -0.138. The molecule has 1 aromatic carbocycles. The molecule has 2 atom stereocenters. The Morgan fingerprint density at radius 1 is 1.25 bits per heavy atom. The fourth-order valence-electron chi connectivity index (χ4n) is 3.41.